The van der Waals surface area contributed by atoms with Crippen LogP contribution in [0.25, 0.3) is 0 Å². The lowest BCUT2D eigenvalue weighted by Gasteiger charge is -2.05. The summed E-state index contributed by atoms with van der Waals surface area (Å²) in [5.74, 6) is 1.01. The lowest BCUT2D eigenvalue weighted by Crippen LogP contribution is -1.90. The summed E-state index contributed by atoms with van der Waals surface area (Å²) in [5.41, 5.74) is 3.09. The summed E-state index contributed by atoms with van der Waals surface area (Å²) in [6.45, 7) is 3.89. The van der Waals surface area contributed by atoms with Crippen molar-refractivity contribution in [3.8, 4) is 0 Å². The van der Waals surface area contributed by atoms with Crippen LogP contribution in [0, 0.1) is 6.92 Å². The van der Waals surface area contributed by atoms with Crippen LogP contribution in [0.4, 0.5) is 0 Å². The lowest BCUT2D eigenvalue weighted by molar-refractivity contribution is 1.27. The van der Waals surface area contributed by atoms with Gasteiger partial charge in [-0.05, 0) is 23.6 Å². The summed E-state index contributed by atoms with van der Waals surface area (Å²) < 4.78 is 0. The van der Waals surface area contributed by atoms with E-state index in [2.05, 4.69) is 6.92 Å². The van der Waals surface area contributed by atoms with Crippen molar-refractivity contribution in [3.05, 3.63) is 41.8 Å². The van der Waals surface area contributed by atoms with Crippen LogP contribution in [-0.2, 0) is 11.8 Å². The summed E-state index contributed by atoms with van der Waals surface area (Å²) >= 11 is 11.4. The maximum atomic E-state index is 5.68. The summed E-state index contributed by atoms with van der Waals surface area (Å²) in [5, 5.41) is 0. The summed E-state index contributed by atoms with van der Waals surface area (Å²) in [6, 6.07) is 5.88. The quantitative estimate of drug-likeness (QED) is 0.624. The lowest BCUT2D eigenvalue weighted by atomic mass is 10.1. The Labute approximate surface area is 77.1 Å². The first-order valence-corrected chi connectivity index (χ1v) is 4.41. The van der Waals surface area contributed by atoms with Gasteiger partial charge < -0.3 is 0 Å². The van der Waals surface area contributed by atoms with Crippen molar-refractivity contribution in [3.63, 3.8) is 0 Å². The molecule has 0 bridgehead atoms. The van der Waals surface area contributed by atoms with E-state index in [9.17, 15) is 0 Å². The molecule has 0 saturated carbocycles. The first kappa shape index (κ1) is 8.89. The maximum absolute atomic E-state index is 5.68. The molecule has 11 heavy (non-hydrogen) atoms. The van der Waals surface area contributed by atoms with Crippen LogP contribution in [0.3, 0.4) is 0 Å². The molecule has 0 atom stereocenters. The molecule has 1 aromatic rings. The predicted molar refractivity (Wildman–Crippen MR) is 50.0 cm³/mol. The van der Waals surface area contributed by atoms with Crippen molar-refractivity contribution in [2.45, 2.75) is 11.8 Å². The second kappa shape index (κ2) is 3.99. The largest absolute Gasteiger partial charge is 0.122 e. The molecule has 0 fully saturated rings. The van der Waals surface area contributed by atoms with Crippen molar-refractivity contribution in [1.82, 2.24) is 0 Å². The molecule has 0 amide bonds. The van der Waals surface area contributed by atoms with E-state index in [1.54, 1.807) is 0 Å². The maximum Gasteiger partial charge on any atom is 0.0476 e. The SMILES string of the molecule is [CH2]c1c(CCl)cccc1CCl. The standard InChI is InChI=1S/C9H9Cl2/c1-7-8(5-10)3-2-4-9(7)6-11/h2-4H,1,5-6H2. The minimum absolute atomic E-state index is 0.504. The molecule has 1 radical (unpaired) electrons. The second-order valence-electron chi connectivity index (χ2n) is 2.32. The third kappa shape index (κ3) is 1.88. The number of benzene rings is 1. The fraction of sp³-hybridized carbons (Fsp3) is 0.222. The van der Waals surface area contributed by atoms with Crippen molar-refractivity contribution in [1.29, 1.82) is 0 Å². The normalized spacial score (nSPS) is 10.1. The molecule has 0 unspecified atom stereocenters. The molecule has 0 N–H and O–H groups in total. The van der Waals surface area contributed by atoms with Gasteiger partial charge in [-0.25, -0.2) is 0 Å². The zero-order valence-corrected chi connectivity index (χ0v) is 7.62. The molecule has 0 nitrogen and oxygen atoms in total. The van der Waals surface area contributed by atoms with E-state index in [0.717, 1.165) is 16.7 Å². The molecule has 0 aromatic heterocycles. The van der Waals surface area contributed by atoms with E-state index in [-0.39, 0.29) is 0 Å². The van der Waals surface area contributed by atoms with Crippen LogP contribution < -0.4 is 0 Å². The van der Waals surface area contributed by atoms with E-state index < -0.39 is 0 Å². The van der Waals surface area contributed by atoms with E-state index in [0.29, 0.717) is 11.8 Å². The fourth-order valence-electron chi connectivity index (χ4n) is 0.938. The number of alkyl halides is 2. The smallest absolute Gasteiger partial charge is 0.0476 e. The Bertz CT molecular complexity index is 221. The van der Waals surface area contributed by atoms with Crippen LogP contribution in [0.2, 0.25) is 0 Å². The van der Waals surface area contributed by atoms with Gasteiger partial charge in [-0.15, -0.1) is 23.2 Å². The Hall–Kier alpha value is -0.200. The van der Waals surface area contributed by atoms with Gasteiger partial charge in [-0.1, -0.05) is 18.2 Å². The van der Waals surface area contributed by atoms with Crippen molar-refractivity contribution >= 4 is 23.2 Å². The van der Waals surface area contributed by atoms with Gasteiger partial charge in [0.2, 0.25) is 0 Å². The molecule has 2 heteroatoms. The van der Waals surface area contributed by atoms with Gasteiger partial charge in [-0.3, -0.25) is 0 Å². The van der Waals surface area contributed by atoms with Crippen LogP contribution in [0.1, 0.15) is 16.7 Å². The van der Waals surface area contributed by atoms with Gasteiger partial charge in [0.15, 0.2) is 0 Å². The minimum Gasteiger partial charge on any atom is -0.122 e. The van der Waals surface area contributed by atoms with Crippen LogP contribution in [-0.4, -0.2) is 0 Å². The molecule has 1 rings (SSSR count). The molecular formula is C9H9Cl2. The Kier molecular flexibility index (Phi) is 3.22. The number of halogens is 2. The molecule has 0 aliphatic carbocycles. The minimum atomic E-state index is 0.504. The zero-order chi connectivity index (χ0) is 8.27. The van der Waals surface area contributed by atoms with Crippen LogP contribution in [0.15, 0.2) is 18.2 Å². The first-order chi connectivity index (χ1) is 5.29. The molecule has 1 aromatic carbocycles. The number of hydrogen-bond acceptors (Lipinski definition) is 0. The van der Waals surface area contributed by atoms with E-state index >= 15 is 0 Å². The average Bonchev–Trinajstić information content (AvgIpc) is 2.05. The molecule has 0 aliphatic heterocycles. The Morgan fingerprint density at radius 1 is 1.09 bits per heavy atom. The first-order valence-electron chi connectivity index (χ1n) is 3.34. The highest BCUT2D eigenvalue weighted by Crippen LogP contribution is 2.16. The van der Waals surface area contributed by atoms with Crippen molar-refractivity contribution < 1.29 is 0 Å². The highest BCUT2D eigenvalue weighted by atomic mass is 35.5. The molecule has 59 valence electrons. The van der Waals surface area contributed by atoms with E-state index in [1.165, 1.54) is 0 Å². The summed E-state index contributed by atoms with van der Waals surface area (Å²) in [7, 11) is 0. The Balaban J connectivity index is 3.10. The molecule has 0 heterocycles. The fourth-order valence-corrected chi connectivity index (χ4v) is 1.44. The Morgan fingerprint density at radius 2 is 1.55 bits per heavy atom. The molecule has 0 saturated heterocycles. The highest BCUT2D eigenvalue weighted by molar-refractivity contribution is 6.18. The van der Waals surface area contributed by atoms with Crippen molar-refractivity contribution in [2.75, 3.05) is 0 Å². The topological polar surface area (TPSA) is 0 Å². The average molecular weight is 188 g/mol. The third-order valence-corrected chi connectivity index (χ3v) is 2.23. The van der Waals surface area contributed by atoms with Crippen LogP contribution in [0.5, 0.6) is 0 Å². The van der Waals surface area contributed by atoms with Gasteiger partial charge in [-0.2, -0.15) is 0 Å². The Morgan fingerprint density at radius 3 is 1.91 bits per heavy atom. The number of hydrogen-bond donors (Lipinski definition) is 0. The molecular weight excluding hydrogens is 179 g/mol. The molecule has 0 aliphatic rings. The third-order valence-electron chi connectivity index (χ3n) is 1.66. The summed E-state index contributed by atoms with van der Waals surface area (Å²) in [4.78, 5) is 0. The van der Waals surface area contributed by atoms with E-state index in [4.69, 9.17) is 23.2 Å². The zero-order valence-electron chi connectivity index (χ0n) is 6.11. The van der Waals surface area contributed by atoms with Crippen molar-refractivity contribution in [2.24, 2.45) is 0 Å². The highest BCUT2D eigenvalue weighted by Gasteiger charge is 2.00. The monoisotopic (exact) mass is 187 g/mol. The predicted octanol–water partition coefficient (Wildman–Crippen LogP) is 3.35. The summed E-state index contributed by atoms with van der Waals surface area (Å²) in [6.07, 6.45) is 0. The van der Waals surface area contributed by atoms with Gasteiger partial charge in [0, 0.05) is 11.8 Å². The van der Waals surface area contributed by atoms with E-state index in [1.807, 2.05) is 18.2 Å². The van der Waals surface area contributed by atoms with Crippen LogP contribution >= 0.6 is 23.2 Å². The van der Waals surface area contributed by atoms with Gasteiger partial charge in [0.25, 0.3) is 0 Å². The van der Waals surface area contributed by atoms with Gasteiger partial charge in [0.05, 0.1) is 0 Å². The van der Waals surface area contributed by atoms with Gasteiger partial charge in [0.1, 0.15) is 0 Å². The van der Waals surface area contributed by atoms with Gasteiger partial charge >= 0.3 is 0 Å². The second-order valence-corrected chi connectivity index (χ2v) is 2.86. The number of rotatable bonds is 2. The molecule has 0 spiro atoms.